The number of nitrogens with zero attached hydrogens (tertiary/aromatic N) is 2. The third-order valence-electron chi connectivity index (χ3n) is 2.55. The molecule has 0 saturated carbocycles. The average molecular weight is 251 g/mol. The van der Waals surface area contributed by atoms with Gasteiger partial charge in [-0.05, 0) is 19.2 Å². The first kappa shape index (κ1) is 14.3. The molecule has 0 aliphatic heterocycles. The van der Waals surface area contributed by atoms with Crippen LogP contribution in [0, 0.1) is 0 Å². The maximum absolute atomic E-state index is 11.5. The number of rotatable bonds is 6. The van der Waals surface area contributed by atoms with Crippen LogP contribution in [0.25, 0.3) is 0 Å². The Morgan fingerprint density at radius 1 is 1.28 bits per heavy atom. The van der Waals surface area contributed by atoms with E-state index in [-0.39, 0.29) is 5.91 Å². The molecule has 0 atom stereocenters. The molecule has 0 bridgehead atoms. The lowest BCUT2D eigenvalue weighted by atomic mass is 10.3. The molecule has 18 heavy (non-hydrogen) atoms. The summed E-state index contributed by atoms with van der Waals surface area (Å²) in [6.45, 7) is 1.57. The van der Waals surface area contributed by atoms with Crippen molar-refractivity contribution in [3.63, 3.8) is 0 Å². The smallest absolute Gasteiger partial charge is 0.236 e. The molecule has 1 rings (SSSR count). The number of para-hydroxylation sites is 2. The molecule has 1 amide bonds. The molecule has 0 spiro atoms. The van der Waals surface area contributed by atoms with Crippen molar-refractivity contribution in [1.82, 2.24) is 9.80 Å². The number of hydrogen-bond donors (Lipinski definition) is 1. The maximum Gasteiger partial charge on any atom is 0.236 e. The van der Waals surface area contributed by atoms with Gasteiger partial charge >= 0.3 is 0 Å². The predicted octanol–water partition coefficient (Wildman–Crippen LogP) is 0.668. The van der Waals surface area contributed by atoms with E-state index in [1.807, 2.05) is 30.1 Å². The van der Waals surface area contributed by atoms with Crippen LogP contribution in [0.3, 0.4) is 0 Å². The van der Waals surface area contributed by atoms with Crippen LogP contribution in [-0.2, 0) is 4.79 Å². The van der Waals surface area contributed by atoms with Crippen molar-refractivity contribution >= 4 is 11.6 Å². The Balaban J connectivity index is 2.30. The second kappa shape index (κ2) is 6.86. The van der Waals surface area contributed by atoms with Crippen molar-refractivity contribution in [2.75, 3.05) is 46.6 Å². The van der Waals surface area contributed by atoms with E-state index in [2.05, 4.69) is 0 Å². The summed E-state index contributed by atoms with van der Waals surface area (Å²) in [4.78, 5) is 15.0. The molecule has 0 aliphatic rings. The zero-order valence-corrected chi connectivity index (χ0v) is 11.2. The molecule has 5 heteroatoms. The lowest BCUT2D eigenvalue weighted by molar-refractivity contribution is -0.129. The SMILES string of the molecule is CN(CCOc1ccccc1N)CC(=O)N(C)C. The second-order valence-electron chi connectivity index (χ2n) is 4.41. The number of amides is 1. The van der Waals surface area contributed by atoms with E-state index in [1.54, 1.807) is 25.1 Å². The van der Waals surface area contributed by atoms with Gasteiger partial charge in [-0.1, -0.05) is 12.1 Å². The summed E-state index contributed by atoms with van der Waals surface area (Å²) in [5.41, 5.74) is 6.39. The summed E-state index contributed by atoms with van der Waals surface area (Å²) in [6.07, 6.45) is 0. The summed E-state index contributed by atoms with van der Waals surface area (Å²) < 4.78 is 5.56. The highest BCUT2D eigenvalue weighted by atomic mass is 16.5. The van der Waals surface area contributed by atoms with Crippen LogP contribution in [0.2, 0.25) is 0 Å². The number of carbonyl (C=O) groups is 1. The molecule has 1 aromatic carbocycles. The van der Waals surface area contributed by atoms with Crippen molar-refractivity contribution in [3.8, 4) is 5.75 Å². The van der Waals surface area contributed by atoms with Gasteiger partial charge in [0.1, 0.15) is 12.4 Å². The molecular formula is C13H21N3O2. The van der Waals surface area contributed by atoms with Gasteiger partial charge in [0.2, 0.25) is 5.91 Å². The van der Waals surface area contributed by atoms with Crippen molar-refractivity contribution in [1.29, 1.82) is 0 Å². The molecule has 0 fully saturated rings. The van der Waals surface area contributed by atoms with Crippen LogP contribution in [0.4, 0.5) is 5.69 Å². The molecule has 0 aliphatic carbocycles. The van der Waals surface area contributed by atoms with E-state index < -0.39 is 0 Å². The Kier molecular flexibility index (Phi) is 5.45. The van der Waals surface area contributed by atoms with Crippen molar-refractivity contribution in [3.05, 3.63) is 24.3 Å². The number of ether oxygens (including phenoxy) is 1. The first-order valence-corrected chi connectivity index (χ1v) is 5.86. The number of hydrogen-bond acceptors (Lipinski definition) is 4. The van der Waals surface area contributed by atoms with E-state index in [9.17, 15) is 4.79 Å². The summed E-state index contributed by atoms with van der Waals surface area (Å²) in [6, 6.07) is 7.38. The number of likely N-dealkylation sites (N-methyl/N-ethyl adjacent to an activating group) is 2. The monoisotopic (exact) mass is 251 g/mol. The molecule has 100 valence electrons. The van der Waals surface area contributed by atoms with Gasteiger partial charge in [0.15, 0.2) is 0 Å². The maximum atomic E-state index is 11.5. The molecule has 0 saturated heterocycles. The number of anilines is 1. The Hall–Kier alpha value is -1.75. The Labute approximate surface area is 108 Å². The van der Waals surface area contributed by atoms with Gasteiger partial charge in [0, 0.05) is 20.6 Å². The lowest BCUT2D eigenvalue weighted by Crippen LogP contribution is -2.36. The van der Waals surface area contributed by atoms with Gasteiger partial charge in [0.05, 0.1) is 12.2 Å². The molecule has 0 heterocycles. The summed E-state index contributed by atoms with van der Waals surface area (Å²) in [5.74, 6) is 0.765. The van der Waals surface area contributed by atoms with Crippen LogP contribution in [-0.4, -0.2) is 56.5 Å². The predicted molar refractivity (Wildman–Crippen MR) is 72.5 cm³/mol. The first-order valence-electron chi connectivity index (χ1n) is 5.86. The first-order chi connectivity index (χ1) is 8.50. The average Bonchev–Trinajstić information content (AvgIpc) is 2.31. The van der Waals surface area contributed by atoms with E-state index in [0.717, 1.165) is 0 Å². The Morgan fingerprint density at radius 2 is 1.94 bits per heavy atom. The summed E-state index contributed by atoms with van der Waals surface area (Å²) in [7, 11) is 5.38. The molecule has 2 N–H and O–H groups in total. The number of nitrogen functional groups attached to an aromatic ring is 1. The largest absolute Gasteiger partial charge is 0.490 e. The van der Waals surface area contributed by atoms with Gasteiger partial charge in [-0.3, -0.25) is 9.69 Å². The third kappa shape index (κ3) is 4.63. The van der Waals surface area contributed by atoms with Crippen LogP contribution >= 0.6 is 0 Å². The van der Waals surface area contributed by atoms with Gasteiger partial charge in [-0.25, -0.2) is 0 Å². The quantitative estimate of drug-likeness (QED) is 0.755. The van der Waals surface area contributed by atoms with E-state index >= 15 is 0 Å². The summed E-state index contributed by atoms with van der Waals surface area (Å²) >= 11 is 0. The minimum atomic E-state index is 0.0803. The number of carbonyl (C=O) groups excluding carboxylic acids is 1. The van der Waals surface area contributed by atoms with Gasteiger partial charge in [0.25, 0.3) is 0 Å². The number of benzene rings is 1. The van der Waals surface area contributed by atoms with Crippen LogP contribution in [0.15, 0.2) is 24.3 Å². The van der Waals surface area contributed by atoms with Gasteiger partial charge in [-0.2, -0.15) is 0 Å². The highest BCUT2D eigenvalue weighted by Gasteiger charge is 2.08. The van der Waals surface area contributed by atoms with Crippen LogP contribution in [0.1, 0.15) is 0 Å². The molecule has 0 aromatic heterocycles. The molecule has 1 aromatic rings. The van der Waals surface area contributed by atoms with E-state index in [1.165, 1.54) is 0 Å². The Morgan fingerprint density at radius 3 is 2.56 bits per heavy atom. The van der Waals surface area contributed by atoms with Crippen molar-refractivity contribution < 1.29 is 9.53 Å². The fourth-order valence-corrected chi connectivity index (χ4v) is 1.37. The molecule has 0 radical (unpaired) electrons. The topological polar surface area (TPSA) is 58.8 Å². The van der Waals surface area contributed by atoms with Crippen LogP contribution < -0.4 is 10.5 Å². The van der Waals surface area contributed by atoms with Crippen LogP contribution in [0.5, 0.6) is 5.75 Å². The van der Waals surface area contributed by atoms with Crippen molar-refractivity contribution in [2.45, 2.75) is 0 Å². The van der Waals surface area contributed by atoms with E-state index in [0.29, 0.717) is 31.1 Å². The standard InChI is InChI=1S/C13H21N3O2/c1-15(2)13(17)10-16(3)8-9-18-12-7-5-4-6-11(12)14/h4-7H,8-10,14H2,1-3H3. The van der Waals surface area contributed by atoms with Gasteiger partial charge in [-0.15, -0.1) is 0 Å². The molecule has 5 nitrogen and oxygen atoms in total. The third-order valence-corrected chi connectivity index (χ3v) is 2.55. The lowest BCUT2D eigenvalue weighted by Gasteiger charge is -2.19. The zero-order valence-electron chi connectivity index (χ0n) is 11.2. The summed E-state index contributed by atoms with van der Waals surface area (Å²) in [5, 5.41) is 0. The van der Waals surface area contributed by atoms with Gasteiger partial charge < -0.3 is 15.4 Å². The normalized spacial score (nSPS) is 10.4. The fourth-order valence-electron chi connectivity index (χ4n) is 1.37. The molecule has 0 unspecified atom stereocenters. The second-order valence-corrected chi connectivity index (χ2v) is 4.41. The Bertz CT molecular complexity index is 394. The fraction of sp³-hybridized carbons (Fsp3) is 0.462. The molecular weight excluding hydrogens is 230 g/mol. The highest BCUT2D eigenvalue weighted by molar-refractivity contribution is 5.77. The zero-order chi connectivity index (χ0) is 13.5. The minimum absolute atomic E-state index is 0.0803. The minimum Gasteiger partial charge on any atom is -0.490 e. The van der Waals surface area contributed by atoms with Crippen molar-refractivity contribution in [2.24, 2.45) is 0 Å². The highest BCUT2D eigenvalue weighted by Crippen LogP contribution is 2.19. The number of nitrogens with two attached hydrogens (primary N) is 1. The van der Waals surface area contributed by atoms with E-state index in [4.69, 9.17) is 10.5 Å².